The van der Waals surface area contributed by atoms with Gasteiger partial charge < -0.3 is 38.5 Å². The average molecular weight is 1710 g/mol. The summed E-state index contributed by atoms with van der Waals surface area (Å²) in [4.78, 5) is 10.1. The van der Waals surface area contributed by atoms with Crippen LogP contribution in [0.15, 0.2) is 210 Å². The molecule has 0 aliphatic heterocycles. The molecule has 20 nitrogen and oxygen atoms in total. The molecule has 0 saturated heterocycles. The first-order valence-corrected chi connectivity index (χ1v) is 48.5. The maximum absolute atomic E-state index is 14.2. The zero-order valence-electron chi connectivity index (χ0n) is 76.6. The van der Waals surface area contributed by atoms with Gasteiger partial charge >= 0.3 is 0 Å². The van der Waals surface area contributed by atoms with Gasteiger partial charge in [-0.1, -0.05) is 105 Å². The van der Waals surface area contributed by atoms with E-state index in [1.54, 1.807) is 85.2 Å². The van der Waals surface area contributed by atoms with Crippen LogP contribution in [-0.2, 0) is 19.7 Å². The topological polar surface area (TPSA) is 181 Å². The Morgan fingerprint density at radius 1 is 0.246 bits per heavy atom. The van der Waals surface area contributed by atoms with Crippen molar-refractivity contribution in [3.63, 3.8) is 0 Å². The quantitative estimate of drug-likeness (QED) is 0.0199. The van der Waals surface area contributed by atoms with Gasteiger partial charge in [-0.25, -0.2) is 16.8 Å². The number of sulfone groups is 2. The van der Waals surface area contributed by atoms with Gasteiger partial charge in [0.15, 0.2) is 0 Å². The second kappa shape index (κ2) is 53.8. The first kappa shape index (κ1) is 99.0. The van der Waals surface area contributed by atoms with Crippen LogP contribution < -0.4 is 58.6 Å². The summed E-state index contributed by atoms with van der Waals surface area (Å²) < 4.78 is 80.4. The van der Waals surface area contributed by atoms with Crippen LogP contribution in [0.3, 0.4) is 0 Å². The van der Waals surface area contributed by atoms with Gasteiger partial charge in [0.1, 0.15) is 23.0 Å². The number of benzene rings is 8. The molecule has 0 amide bonds. The monoisotopic (exact) mass is 1710 g/mol. The molecule has 0 saturated carbocycles. The van der Waals surface area contributed by atoms with Gasteiger partial charge in [0.2, 0.25) is 19.7 Å². The van der Waals surface area contributed by atoms with Crippen molar-refractivity contribution in [3.05, 3.63) is 192 Å². The largest absolute Gasteiger partial charge is 0.493 e. The highest BCUT2D eigenvalue weighted by Gasteiger charge is 2.23. The molecule has 0 spiro atoms. The SMILES string of the molecule is CCCCCCOc1cc(N(CC)CC)ccc1/C=N/N(CCCCCC)c1ccc(S(=O)(=O)c2ccc(N(CCCCCC)/N=C/c3ccc(N(CC)CC)cc3OCCCCCC)cc2)cc1.CCOc1cc(N(CC)CC)ccc1/C=N/N(CC)c1ccc(S(=O)(=O)c2ccc(N(CC)/N=C/c3ccc(N(CC)CC)cc3OCC)cc2)cc1. The zero-order valence-corrected chi connectivity index (χ0v) is 78.2. The molecule has 0 aliphatic rings. The minimum absolute atomic E-state index is 0.210. The van der Waals surface area contributed by atoms with Crippen molar-refractivity contribution in [1.29, 1.82) is 0 Å². The first-order valence-electron chi connectivity index (χ1n) is 45.6. The Morgan fingerprint density at radius 2 is 0.467 bits per heavy atom. The fourth-order valence-electron chi connectivity index (χ4n) is 14.4. The molecule has 0 N–H and O–H groups in total. The van der Waals surface area contributed by atoms with Crippen molar-refractivity contribution in [2.45, 2.75) is 233 Å². The molecule has 8 rings (SSSR count). The van der Waals surface area contributed by atoms with Gasteiger partial charge in [-0.05, 0) is 254 Å². The molecule has 0 bridgehead atoms. The summed E-state index contributed by atoms with van der Waals surface area (Å²) in [6.45, 7) is 46.4. The third-order valence-electron chi connectivity index (χ3n) is 21.8. The van der Waals surface area contributed by atoms with Crippen LogP contribution in [0.25, 0.3) is 0 Å². The van der Waals surface area contributed by atoms with Crippen LogP contribution in [0, 0.1) is 0 Å². The van der Waals surface area contributed by atoms with E-state index in [0.717, 1.165) is 220 Å². The lowest BCUT2D eigenvalue weighted by atomic mass is 10.1. The Kier molecular flexibility index (Phi) is 43.6. The van der Waals surface area contributed by atoms with E-state index in [2.05, 4.69) is 163 Å². The third kappa shape index (κ3) is 29.6. The molecule has 8 aromatic rings. The van der Waals surface area contributed by atoms with Gasteiger partial charge in [-0.15, -0.1) is 0 Å². The van der Waals surface area contributed by atoms with Crippen LogP contribution in [0.2, 0.25) is 0 Å². The molecular formula is C100H144N12O8S2. The Labute approximate surface area is 734 Å². The molecular weight excluding hydrogens is 1560 g/mol. The standard InChI is InChI=1S/C58H88N6O4S.C42H56N6O4S/c1-9-17-21-25-41-63(59-47-49-29-31-53(61(13-5)14-6)45-57(49)67-43-27-23-19-11-3)51-33-37-55(38-34-51)69(65,66)56-39-35-52(36-40-56)64(42-26-22-18-10-2)60-48-50-30-32-54(62(15-7)16-8)46-58(50)68-44-28-24-20-12-4;1-9-45(10-2)37-19-17-33(41(29-37)51-15-7)31-43-47(13-5)35-21-25-39(26-22-35)53(49,50)40-27-23-36(24-28-40)48(14-6)44-32-34-18-20-38(46(11-3)12-4)30-42(34)52-16-8/h29-40,45-48H,9-28,41-44H2,1-8H3;17-32H,9-16H2,1-8H3/b59-47+,60-48+;43-31+,44-32+. The van der Waals surface area contributed by atoms with E-state index in [1.165, 1.54) is 25.7 Å². The average Bonchev–Trinajstić information content (AvgIpc) is 0.790. The highest BCUT2D eigenvalue weighted by Crippen LogP contribution is 2.34. The number of hydrogen-bond acceptors (Lipinski definition) is 20. The predicted octanol–water partition coefficient (Wildman–Crippen LogP) is 23.7. The Balaban J connectivity index is 0.000000347. The lowest BCUT2D eigenvalue weighted by molar-refractivity contribution is 0.304. The zero-order chi connectivity index (χ0) is 88.1. The van der Waals surface area contributed by atoms with Crippen LogP contribution >= 0.6 is 0 Å². The van der Waals surface area contributed by atoms with E-state index >= 15 is 0 Å². The highest BCUT2D eigenvalue weighted by atomic mass is 32.2. The van der Waals surface area contributed by atoms with E-state index in [-0.39, 0.29) is 19.6 Å². The fraction of sp³-hybridized carbons (Fsp3) is 0.480. The minimum atomic E-state index is -3.81. The fourth-order valence-corrected chi connectivity index (χ4v) is 17.0. The summed E-state index contributed by atoms with van der Waals surface area (Å²) in [5, 5.41) is 27.1. The lowest BCUT2D eigenvalue weighted by Gasteiger charge is -2.23. The summed E-state index contributed by atoms with van der Waals surface area (Å²) >= 11 is 0. The molecule has 122 heavy (non-hydrogen) atoms. The van der Waals surface area contributed by atoms with Gasteiger partial charge in [0.05, 0.1) is 93.6 Å². The molecule has 0 atom stereocenters. The normalized spacial score (nSPS) is 11.7. The van der Waals surface area contributed by atoms with Crippen LogP contribution in [0.4, 0.5) is 45.5 Å². The van der Waals surface area contributed by atoms with Gasteiger partial charge in [-0.3, -0.25) is 20.0 Å². The maximum Gasteiger partial charge on any atom is 0.206 e. The summed E-state index contributed by atoms with van der Waals surface area (Å²) in [7, 11) is -7.57. The van der Waals surface area contributed by atoms with Crippen molar-refractivity contribution < 1.29 is 35.8 Å². The molecule has 0 aliphatic carbocycles. The van der Waals surface area contributed by atoms with Crippen molar-refractivity contribution in [1.82, 2.24) is 0 Å². The maximum atomic E-state index is 14.2. The highest BCUT2D eigenvalue weighted by molar-refractivity contribution is 7.91. The number of rotatable bonds is 56. The molecule has 0 heterocycles. The van der Waals surface area contributed by atoms with Gasteiger partial charge in [0, 0.05) is 148 Å². The summed E-state index contributed by atoms with van der Waals surface area (Å²) in [6, 6.07) is 53.0. The number of unbranched alkanes of at least 4 members (excludes halogenated alkanes) is 12. The van der Waals surface area contributed by atoms with E-state index in [9.17, 15) is 16.8 Å². The van der Waals surface area contributed by atoms with Crippen LogP contribution in [-0.4, -0.2) is 147 Å². The number of anilines is 8. The van der Waals surface area contributed by atoms with Gasteiger partial charge in [-0.2, -0.15) is 20.4 Å². The van der Waals surface area contributed by atoms with E-state index in [0.29, 0.717) is 52.6 Å². The van der Waals surface area contributed by atoms with Crippen LogP contribution in [0.1, 0.15) is 236 Å². The number of ether oxygens (including phenoxy) is 4. The smallest absolute Gasteiger partial charge is 0.206 e. The van der Waals surface area contributed by atoms with E-state index in [4.69, 9.17) is 39.4 Å². The Morgan fingerprint density at radius 3 is 0.697 bits per heavy atom. The van der Waals surface area contributed by atoms with E-state index in [1.807, 2.05) is 96.6 Å². The Bertz CT molecular complexity index is 4400. The molecule has 0 fully saturated rings. The number of nitrogens with zero attached hydrogens (tertiary/aromatic N) is 12. The van der Waals surface area contributed by atoms with Crippen molar-refractivity contribution in [2.75, 3.05) is 145 Å². The number of hydrogen-bond donors (Lipinski definition) is 0. The molecule has 0 radical (unpaired) electrons. The molecule has 664 valence electrons. The third-order valence-corrected chi connectivity index (χ3v) is 25.4. The first-order chi connectivity index (χ1) is 59.3. The minimum Gasteiger partial charge on any atom is -0.493 e. The Hall–Kier alpha value is -10.1. The second-order valence-corrected chi connectivity index (χ2v) is 33.9. The van der Waals surface area contributed by atoms with Gasteiger partial charge in [0.25, 0.3) is 0 Å². The number of hydrazone groups is 4. The summed E-state index contributed by atoms with van der Waals surface area (Å²) in [6.07, 6.45) is 25.2. The lowest BCUT2D eigenvalue weighted by Crippen LogP contribution is -2.22. The van der Waals surface area contributed by atoms with Crippen LogP contribution in [0.5, 0.6) is 23.0 Å². The second-order valence-electron chi connectivity index (χ2n) is 30.0. The van der Waals surface area contributed by atoms with Crippen molar-refractivity contribution >= 4 is 90.0 Å². The van der Waals surface area contributed by atoms with Crippen molar-refractivity contribution in [3.8, 4) is 23.0 Å². The predicted molar refractivity (Wildman–Crippen MR) is 518 cm³/mol. The van der Waals surface area contributed by atoms with E-state index < -0.39 is 19.7 Å². The molecule has 8 aromatic carbocycles. The summed E-state index contributed by atoms with van der Waals surface area (Å²) in [5.74, 6) is 3.21. The molecule has 0 unspecified atom stereocenters. The molecule has 0 aromatic heterocycles. The summed E-state index contributed by atoms with van der Waals surface area (Å²) in [5.41, 5.74) is 11.3. The van der Waals surface area contributed by atoms with Crippen molar-refractivity contribution in [2.24, 2.45) is 20.4 Å². The molecule has 22 heteroatoms.